The SMILES string of the molecule is COc1ccc(OC)c(/C(O)=C2\C(=O)C(=O)N(CCOC(C)C)C2c2ccc(C)o2)c1. The topological polar surface area (TPSA) is 98.4 Å². The Balaban J connectivity index is 2.14. The maximum Gasteiger partial charge on any atom is 0.295 e. The molecule has 0 radical (unpaired) electrons. The van der Waals surface area contributed by atoms with Crippen molar-refractivity contribution < 1.29 is 33.3 Å². The highest BCUT2D eigenvalue weighted by Crippen LogP contribution is 2.41. The summed E-state index contributed by atoms with van der Waals surface area (Å²) < 4.78 is 21.9. The molecule has 1 amide bonds. The van der Waals surface area contributed by atoms with Crippen molar-refractivity contribution in [2.75, 3.05) is 27.4 Å². The molecular weight excluding hydrogens is 402 g/mol. The van der Waals surface area contributed by atoms with E-state index in [-0.39, 0.29) is 36.2 Å². The van der Waals surface area contributed by atoms with Gasteiger partial charge in [0.1, 0.15) is 34.8 Å². The molecule has 0 bridgehead atoms. The first-order valence-electron chi connectivity index (χ1n) is 9.97. The fraction of sp³-hybridized carbons (Fsp3) is 0.391. The number of carbonyl (C=O) groups is 2. The third-order valence-electron chi connectivity index (χ3n) is 5.02. The van der Waals surface area contributed by atoms with Crippen LogP contribution in [-0.2, 0) is 14.3 Å². The van der Waals surface area contributed by atoms with Crippen LogP contribution >= 0.6 is 0 Å². The van der Waals surface area contributed by atoms with E-state index in [1.165, 1.54) is 19.1 Å². The predicted octanol–water partition coefficient (Wildman–Crippen LogP) is 3.45. The number of nitrogens with zero attached hydrogens (tertiary/aromatic N) is 1. The monoisotopic (exact) mass is 429 g/mol. The Morgan fingerprint density at radius 2 is 1.90 bits per heavy atom. The highest BCUT2D eigenvalue weighted by Gasteiger charge is 2.47. The van der Waals surface area contributed by atoms with Crippen molar-refractivity contribution in [2.45, 2.75) is 32.9 Å². The number of aliphatic hydroxyl groups is 1. The van der Waals surface area contributed by atoms with Crippen LogP contribution in [0.1, 0.15) is 37.0 Å². The van der Waals surface area contributed by atoms with Crippen molar-refractivity contribution in [3.05, 3.63) is 53.0 Å². The van der Waals surface area contributed by atoms with Crippen LogP contribution in [0.5, 0.6) is 11.5 Å². The average molecular weight is 429 g/mol. The van der Waals surface area contributed by atoms with Crippen molar-refractivity contribution in [3.63, 3.8) is 0 Å². The molecule has 1 N–H and O–H groups in total. The molecule has 31 heavy (non-hydrogen) atoms. The van der Waals surface area contributed by atoms with Gasteiger partial charge in [-0.2, -0.15) is 0 Å². The molecule has 1 aliphatic rings. The Kier molecular flexibility index (Phi) is 6.70. The van der Waals surface area contributed by atoms with Crippen LogP contribution in [-0.4, -0.2) is 55.2 Å². The largest absolute Gasteiger partial charge is 0.507 e. The summed E-state index contributed by atoms with van der Waals surface area (Å²) in [7, 11) is 2.94. The highest BCUT2D eigenvalue weighted by molar-refractivity contribution is 6.46. The minimum Gasteiger partial charge on any atom is -0.507 e. The van der Waals surface area contributed by atoms with Gasteiger partial charge in [0.25, 0.3) is 11.7 Å². The summed E-state index contributed by atoms with van der Waals surface area (Å²) in [5.41, 5.74) is 0.169. The first-order chi connectivity index (χ1) is 14.8. The first-order valence-corrected chi connectivity index (χ1v) is 9.97. The molecular formula is C23H27NO7. The number of likely N-dealkylation sites (tertiary alicyclic amines) is 1. The van der Waals surface area contributed by atoms with E-state index in [0.717, 1.165) is 0 Å². The second-order valence-electron chi connectivity index (χ2n) is 7.43. The molecule has 0 saturated carbocycles. The standard InChI is InChI=1S/C23H27NO7/c1-13(2)30-11-10-24-20(18-8-6-14(3)31-18)19(22(26)23(24)27)21(25)16-12-15(28-4)7-9-17(16)29-5/h6-9,12-13,20,25H,10-11H2,1-5H3/b21-19+. The van der Waals surface area contributed by atoms with Gasteiger partial charge in [0.05, 0.1) is 38.1 Å². The quantitative estimate of drug-likeness (QED) is 0.390. The molecule has 0 spiro atoms. The Bertz CT molecular complexity index is 1010. The van der Waals surface area contributed by atoms with Crippen LogP contribution in [0, 0.1) is 6.92 Å². The van der Waals surface area contributed by atoms with E-state index in [1.54, 1.807) is 37.3 Å². The van der Waals surface area contributed by atoms with E-state index in [2.05, 4.69) is 0 Å². The molecule has 2 aromatic rings. The van der Waals surface area contributed by atoms with E-state index in [4.69, 9.17) is 18.6 Å². The van der Waals surface area contributed by atoms with Crippen molar-refractivity contribution in [1.82, 2.24) is 4.90 Å². The number of aliphatic hydroxyl groups excluding tert-OH is 1. The van der Waals surface area contributed by atoms with Crippen molar-refractivity contribution >= 4 is 17.4 Å². The van der Waals surface area contributed by atoms with E-state index < -0.39 is 17.7 Å². The second-order valence-corrected chi connectivity index (χ2v) is 7.43. The Hall–Kier alpha value is -3.26. The zero-order valence-corrected chi connectivity index (χ0v) is 18.3. The fourth-order valence-electron chi connectivity index (χ4n) is 3.54. The van der Waals surface area contributed by atoms with Crippen LogP contribution in [0.2, 0.25) is 0 Å². The number of amides is 1. The van der Waals surface area contributed by atoms with E-state index >= 15 is 0 Å². The van der Waals surface area contributed by atoms with Crippen LogP contribution in [0.15, 0.2) is 40.3 Å². The summed E-state index contributed by atoms with van der Waals surface area (Å²) in [4.78, 5) is 27.2. The molecule has 0 aliphatic carbocycles. The third-order valence-corrected chi connectivity index (χ3v) is 5.02. The molecule has 1 aromatic carbocycles. The van der Waals surface area contributed by atoms with Gasteiger partial charge in [-0.05, 0) is 51.1 Å². The van der Waals surface area contributed by atoms with Crippen LogP contribution in [0.4, 0.5) is 0 Å². The lowest BCUT2D eigenvalue weighted by molar-refractivity contribution is -0.140. The van der Waals surface area contributed by atoms with Crippen LogP contribution in [0.3, 0.4) is 0 Å². The first kappa shape index (κ1) is 22.4. The van der Waals surface area contributed by atoms with Crippen molar-refractivity contribution in [2.24, 2.45) is 0 Å². The average Bonchev–Trinajstić information content (AvgIpc) is 3.28. The summed E-state index contributed by atoms with van der Waals surface area (Å²) in [5.74, 6) is -0.0850. The molecule has 1 saturated heterocycles. The number of rotatable bonds is 8. The number of hydrogen-bond donors (Lipinski definition) is 1. The van der Waals surface area contributed by atoms with Crippen molar-refractivity contribution in [1.29, 1.82) is 0 Å². The minimum atomic E-state index is -0.889. The smallest absolute Gasteiger partial charge is 0.295 e. The van der Waals surface area contributed by atoms with Crippen molar-refractivity contribution in [3.8, 4) is 11.5 Å². The fourth-order valence-corrected chi connectivity index (χ4v) is 3.54. The molecule has 1 aliphatic heterocycles. The lowest BCUT2D eigenvalue weighted by Crippen LogP contribution is -2.33. The zero-order chi connectivity index (χ0) is 22.7. The van der Waals surface area contributed by atoms with E-state index in [9.17, 15) is 14.7 Å². The lowest BCUT2D eigenvalue weighted by atomic mass is 9.98. The molecule has 1 atom stereocenters. The number of ketones is 1. The van der Waals surface area contributed by atoms with E-state index in [0.29, 0.717) is 23.0 Å². The molecule has 1 unspecified atom stereocenters. The highest BCUT2D eigenvalue weighted by atomic mass is 16.5. The van der Waals surface area contributed by atoms with Gasteiger partial charge in [0.2, 0.25) is 0 Å². The predicted molar refractivity (Wildman–Crippen MR) is 113 cm³/mol. The number of ether oxygens (including phenoxy) is 3. The van der Waals surface area contributed by atoms with Gasteiger partial charge in [-0.15, -0.1) is 0 Å². The van der Waals surface area contributed by atoms with Crippen LogP contribution in [0.25, 0.3) is 5.76 Å². The summed E-state index contributed by atoms with van der Waals surface area (Å²) in [6.45, 7) is 5.94. The molecule has 3 rings (SSSR count). The van der Waals surface area contributed by atoms with Gasteiger partial charge < -0.3 is 28.6 Å². The second kappa shape index (κ2) is 9.26. The number of methoxy groups -OCH3 is 2. The van der Waals surface area contributed by atoms with Gasteiger partial charge in [-0.3, -0.25) is 9.59 Å². The van der Waals surface area contributed by atoms with Gasteiger partial charge in [0.15, 0.2) is 0 Å². The Morgan fingerprint density at radius 3 is 2.48 bits per heavy atom. The molecule has 8 nitrogen and oxygen atoms in total. The minimum absolute atomic E-state index is 0.0258. The van der Waals surface area contributed by atoms with Crippen LogP contribution < -0.4 is 9.47 Å². The number of carbonyl (C=O) groups excluding carboxylic acids is 2. The molecule has 1 fully saturated rings. The number of benzene rings is 1. The normalized spacial score (nSPS) is 18.1. The summed E-state index contributed by atoms with van der Waals surface area (Å²) in [5, 5.41) is 11.2. The summed E-state index contributed by atoms with van der Waals surface area (Å²) in [6.07, 6.45) is -0.0258. The lowest BCUT2D eigenvalue weighted by Gasteiger charge is -2.24. The number of aryl methyl sites for hydroxylation is 1. The Morgan fingerprint density at radius 1 is 1.16 bits per heavy atom. The maximum absolute atomic E-state index is 13.0. The Labute approximate surface area is 181 Å². The van der Waals surface area contributed by atoms with E-state index in [1.807, 2.05) is 13.8 Å². The summed E-state index contributed by atoms with van der Waals surface area (Å²) >= 11 is 0. The van der Waals surface area contributed by atoms with Gasteiger partial charge in [0, 0.05) is 6.54 Å². The summed E-state index contributed by atoms with van der Waals surface area (Å²) in [6, 6.07) is 7.38. The van der Waals surface area contributed by atoms with Gasteiger partial charge in [-0.25, -0.2) is 0 Å². The number of hydrogen-bond acceptors (Lipinski definition) is 7. The van der Waals surface area contributed by atoms with Gasteiger partial charge >= 0.3 is 0 Å². The number of furan rings is 1. The number of Topliss-reactive ketones (excluding diaryl/α,β-unsaturated/α-hetero) is 1. The molecule has 1 aromatic heterocycles. The molecule has 166 valence electrons. The maximum atomic E-state index is 13.0. The molecule has 2 heterocycles. The molecule has 8 heteroatoms. The van der Waals surface area contributed by atoms with Gasteiger partial charge in [-0.1, -0.05) is 0 Å². The zero-order valence-electron chi connectivity index (χ0n) is 18.3. The third kappa shape index (κ3) is 4.44.